The number of likely N-dealkylation sites (tertiary alicyclic amines) is 1. The van der Waals surface area contributed by atoms with E-state index in [2.05, 4.69) is 21.5 Å². The molecule has 1 amide bonds. The molecule has 1 rings (SSSR count). The second-order valence-electron chi connectivity index (χ2n) is 5.31. The second-order valence-corrected chi connectivity index (χ2v) is 5.31. The lowest BCUT2D eigenvalue weighted by Crippen LogP contribution is -2.51. The SMILES string of the molecule is C#CC(CC)(CC)NC(=O)CN1CCCC1CNC. The third kappa shape index (κ3) is 4.22. The van der Waals surface area contributed by atoms with Gasteiger partial charge in [0.1, 0.15) is 5.54 Å². The number of carbonyl (C=O) groups excluding carboxylic acids is 1. The molecule has 0 aromatic rings. The standard InChI is InChI=1S/C15H27N3O/c1-5-15(6-2,7-3)17-14(19)12-18-10-8-9-13(18)11-16-4/h1,13,16H,6-12H2,2-4H3,(H,17,19). The topological polar surface area (TPSA) is 44.4 Å². The number of carbonyl (C=O) groups is 1. The summed E-state index contributed by atoms with van der Waals surface area (Å²) >= 11 is 0. The van der Waals surface area contributed by atoms with Crippen molar-refractivity contribution in [1.82, 2.24) is 15.5 Å². The Balaban J connectivity index is 2.53. The molecule has 0 aliphatic carbocycles. The quantitative estimate of drug-likeness (QED) is 0.675. The van der Waals surface area contributed by atoms with Crippen LogP contribution in [0.3, 0.4) is 0 Å². The number of nitrogens with one attached hydrogen (secondary N) is 2. The van der Waals surface area contributed by atoms with Gasteiger partial charge in [-0.15, -0.1) is 6.42 Å². The van der Waals surface area contributed by atoms with Crippen molar-refractivity contribution in [2.75, 3.05) is 26.7 Å². The molecule has 1 unspecified atom stereocenters. The minimum Gasteiger partial charge on any atom is -0.339 e. The van der Waals surface area contributed by atoms with E-state index in [0.29, 0.717) is 12.6 Å². The summed E-state index contributed by atoms with van der Waals surface area (Å²) in [6.45, 7) is 6.43. The van der Waals surface area contributed by atoms with Gasteiger partial charge in [-0.3, -0.25) is 9.69 Å². The average molecular weight is 265 g/mol. The highest BCUT2D eigenvalue weighted by Crippen LogP contribution is 2.17. The highest BCUT2D eigenvalue weighted by molar-refractivity contribution is 5.79. The van der Waals surface area contributed by atoms with Crippen molar-refractivity contribution in [3.8, 4) is 12.3 Å². The van der Waals surface area contributed by atoms with Gasteiger partial charge in [-0.25, -0.2) is 0 Å². The number of rotatable bonds is 7. The second kappa shape index (κ2) is 7.52. The van der Waals surface area contributed by atoms with Crippen LogP contribution in [0.1, 0.15) is 39.5 Å². The monoisotopic (exact) mass is 265 g/mol. The molecule has 0 aromatic heterocycles. The summed E-state index contributed by atoms with van der Waals surface area (Å²) in [4.78, 5) is 14.4. The Morgan fingerprint density at radius 3 is 2.68 bits per heavy atom. The maximum atomic E-state index is 12.2. The zero-order valence-corrected chi connectivity index (χ0v) is 12.5. The summed E-state index contributed by atoms with van der Waals surface area (Å²) in [5.41, 5.74) is -0.477. The molecular weight excluding hydrogens is 238 g/mol. The molecule has 0 bridgehead atoms. The molecule has 0 aromatic carbocycles. The van der Waals surface area contributed by atoms with E-state index in [9.17, 15) is 4.79 Å². The van der Waals surface area contributed by atoms with Crippen molar-refractivity contribution in [2.24, 2.45) is 0 Å². The summed E-state index contributed by atoms with van der Waals surface area (Å²) in [5.74, 6) is 2.79. The molecule has 1 aliphatic heterocycles. The van der Waals surface area contributed by atoms with Gasteiger partial charge in [-0.1, -0.05) is 19.8 Å². The summed E-state index contributed by atoms with van der Waals surface area (Å²) in [6, 6.07) is 0.472. The van der Waals surface area contributed by atoms with Crippen molar-refractivity contribution in [1.29, 1.82) is 0 Å². The summed E-state index contributed by atoms with van der Waals surface area (Å²) in [7, 11) is 1.95. The zero-order chi connectivity index (χ0) is 14.3. The van der Waals surface area contributed by atoms with Crippen LogP contribution in [0.5, 0.6) is 0 Å². The third-order valence-corrected chi connectivity index (χ3v) is 4.15. The summed E-state index contributed by atoms with van der Waals surface area (Å²) in [6.07, 6.45) is 9.44. The molecule has 19 heavy (non-hydrogen) atoms. The van der Waals surface area contributed by atoms with Gasteiger partial charge in [-0.05, 0) is 39.3 Å². The van der Waals surface area contributed by atoms with E-state index in [1.165, 1.54) is 6.42 Å². The van der Waals surface area contributed by atoms with E-state index in [-0.39, 0.29) is 5.91 Å². The number of amides is 1. The third-order valence-electron chi connectivity index (χ3n) is 4.15. The highest BCUT2D eigenvalue weighted by atomic mass is 16.2. The Labute approximate surface area is 117 Å². The first-order chi connectivity index (χ1) is 9.10. The van der Waals surface area contributed by atoms with Gasteiger partial charge < -0.3 is 10.6 Å². The molecule has 108 valence electrons. The Bertz CT molecular complexity index is 331. The maximum absolute atomic E-state index is 12.2. The minimum atomic E-state index is -0.477. The molecule has 0 spiro atoms. The molecule has 1 saturated heterocycles. The van der Waals surface area contributed by atoms with Gasteiger partial charge in [0.05, 0.1) is 6.54 Å². The first-order valence-corrected chi connectivity index (χ1v) is 7.28. The Morgan fingerprint density at radius 1 is 1.47 bits per heavy atom. The fourth-order valence-electron chi connectivity index (χ4n) is 2.73. The molecule has 1 heterocycles. The first-order valence-electron chi connectivity index (χ1n) is 7.28. The largest absolute Gasteiger partial charge is 0.339 e. The Kier molecular flexibility index (Phi) is 6.33. The molecular formula is C15H27N3O. The normalized spacial score (nSPS) is 20.2. The van der Waals surface area contributed by atoms with Crippen LogP contribution >= 0.6 is 0 Å². The van der Waals surface area contributed by atoms with Crippen LogP contribution in [0.15, 0.2) is 0 Å². The zero-order valence-electron chi connectivity index (χ0n) is 12.5. The van der Waals surface area contributed by atoms with Gasteiger partial charge in [0.2, 0.25) is 5.91 Å². The number of hydrogen-bond acceptors (Lipinski definition) is 3. The van der Waals surface area contributed by atoms with Crippen LogP contribution in [0, 0.1) is 12.3 Å². The molecule has 4 heteroatoms. The molecule has 0 radical (unpaired) electrons. The number of likely N-dealkylation sites (N-methyl/N-ethyl adjacent to an activating group) is 1. The minimum absolute atomic E-state index is 0.0460. The maximum Gasteiger partial charge on any atom is 0.235 e. The molecule has 2 N–H and O–H groups in total. The number of hydrogen-bond donors (Lipinski definition) is 2. The lowest BCUT2D eigenvalue weighted by atomic mass is 9.94. The van der Waals surface area contributed by atoms with Crippen molar-refractivity contribution in [3.05, 3.63) is 0 Å². The smallest absolute Gasteiger partial charge is 0.235 e. The van der Waals surface area contributed by atoms with Crippen LogP contribution in [0.4, 0.5) is 0 Å². The van der Waals surface area contributed by atoms with Crippen molar-refractivity contribution < 1.29 is 4.79 Å². The first kappa shape index (κ1) is 16.0. The van der Waals surface area contributed by atoms with Gasteiger partial charge >= 0.3 is 0 Å². The molecule has 1 aliphatic rings. The van der Waals surface area contributed by atoms with Crippen LogP contribution in [-0.2, 0) is 4.79 Å². The highest BCUT2D eigenvalue weighted by Gasteiger charge is 2.29. The predicted molar refractivity (Wildman–Crippen MR) is 78.8 cm³/mol. The van der Waals surface area contributed by atoms with E-state index < -0.39 is 5.54 Å². The molecule has 1 atom stereocenters. The van der Waals surface area contributed by atoms with Gasteiger partial charge in [0.15, 0.2) is 0 Å². The van der Waals surface area contributed by atoms with E-state index >= 15 is 0 Å². The fourth-order valence-corrected chi connectivity index (χ4v) is 2.73. The molecule has 4 nitrogen and oxygen atoms in total. The van der Waals surface area contributed by atoms with E-state index in [0.717, 1.165) is 32.4 Å². The van der Waals surface area contributed by atoms with Gasteiger partial charge in [-0.2, -0.15) is 0 Å². The number of nitrogens with zero attached hydrogens (tertiary/aromatic N) is 1. The summed E-state index contributed by atoms with van der Waals surface area (Å²) < 4.78 is 0. The van der Waals surface area contributed by atoms with Crippen molar-refractivity contribution in [3.63, 3.8) is 0 Å². The van der Waals surface area contributed by atoms with Crippen LogP contribution in [0.2, 0.25) is 0 Å². The predicted octanol–water partition coefficient (Wildman–Crippen LogP) is 0.978. The van der Waals surface area contributed by atoms with E-state index in [1.807, 2.05) is 20.9 Å². The summed E-state index contributed by atoms with van der Waals surface area (Å²) in [5, 5.41) is 6.22. The lowest BCUT2D eigenvalue weighted by Gasteiger charge is -2.29. The van der Waals surface area contributed by atoms with Gasteiger partial charge in [0, 0.05) is 12.6 Å². The van der Waals surface area contributed by atoms with Crippen molar-refractivity contribution >= 4 is 5.91 Å². The fraction of sp³-hybridized carbons (Fsp3) is 0.800. The average Bonchev–Trinajstić information content (AvgIpc) is 2.84. The van der Waals surface area contributed by atoms with E-state index in [4.69, 9.17) is 6.42 Å². The molecule has 1 fully saturated rings. The lowest BCUT2D eigenvalue weighted by molar-refractivity contribution is -0.123. The number of terminal acetylenes is 1. The Morgan fingerprint density at radius 2 is 2.16 bits per heavy atom. The van der Waals surface area contributed by atoms with E-state index in [1.54, 1.807) is 0 Å². The van der Waals surface area contributed by atoms with Crippen molar-refractivity contribution in [2.45, 2.75) is 51.1 Å². The van der Waals surface area contributed by atoms with Gasteiger partial charge in [0.25, 0.3) is 0 Å². The van der Waals surface area contributed by atoms with Crippen LogP contribution < -0.4 is 10.6 Å². The van der Waals surface area contributed by atoms with Crippen LogP contribution in [0.25, 0.3) is 0 Å². The molecule has 0 saturated carbocycles. The Hall–Kier alpha value is -1.05. The van der Waals surface area contributed by atoms with Crippen LogP contribution in [-0.4, -0.2) is 49.1 Å².